The van der Waals surface area contributed by atoms with Crippen molar-refractivity contribution in [2.75, 3.05) is 0 Å². The highest BCUT2D eigenvalue weighted by Crippen LogP contribution is 2.31. The number of nitrogens with zero attached hydrogens (tertiary/aromatic N) is 1. The predicted molar refractivity (Wildman–Crippen MR) is 70.5 cm³/mol. The van der Waals surface area contributed by atoms with Crippen LogP contribution in [0.2, 0.25) is 0 Å². The summed E-state index contributed by atoms with van der Waals surface area (Å²) in [6.45, 7) is 1.59. The lowest BCUT2D eigenvalue weighted by Gasteiger charge is -2.26. The van der Waals surface area contributed by atoms with Gasteiger partial charge in [0.1, 0.15) is 11.3 Å². The molecule has 0 aliphatic carbocycles. The third-order valence-electron chi connectivity index (χ3n) is 3.03. The van der Waals surface area contributed by atoms with Crippen molar-refractivity contribution in [2.24, 2.45) is 5.73 Å². The molecule has 2 rings (SSSR count). The van der Waals surface area contributed by atoms with Crippen molar-refractivity contribution < 1.29 is 17.9 Å². The quantitative estimate of drug-likeness (QED) is 0.937. The lowest BCUT2D eigenvalue weighted by molar-refractivity contribution is -0.200. The van der Waals surface area contributed by atoms with Gasteiger partial charge in [-0.3, -0.25) is 4.98 Å². The average Bonchev–Trinajstić information content (AvgIpc) is 2.42. The van der Waals surface area contributed by atoms with Gasteiger partial charge in [-0.1, -0.05) is 25.1 Å². The summed E-state index contributed by atoms with van der Waals surface area (Å²) >= 11 is 0. The van der Waals surface area contributed by atoms with Crippen molar-refractivity contribution in [3.63, 3.8) is 0 Å². The van der Waals surface area contributed by atoms with Gasteiger partial charge in [-0.05, 0) is 18.6 Å². The molecule has 1 aromatic heterocycles. The van der Waals surface area contributed by atoms with Crippen LogP contribution >= 0.6 is 0 Å². The van der Waals surface area contributed by atoms with E-state index in [1.54, 1.807) is 31.2 Å². The topological polar surface area (TPSA) is 48.1 Å². The largest absolute Gasteiger partial charge is 0.477 e. The van der Waals surface area contributed by atoms with Gasteiger partial charge in [-0.2, -0.15) is 13.2 Å². The number of rotatable bonds is 4. The van der Waals surface area contributed by atoms with E-state index in [9.17, 15) is 13.2 Å². The summed E-state index contributed by atoms with van der Waals surface area (Å²) in [6, 6.07) is 7.22. The molecular formula is C14H15F3N2O. The Hall–Kier alpha value is -1.82. The molecule has 2 unspecified atom stereocenters. The van der Waals surface area contributed by atoms with Gasteiger partial charge in [-0.15, -0.1) is 0 Å². The number of hydrogen-bond acceptors (Lipinski definition) is 3. The lowest BCUT2D eigenvalue weighted by atomic mass is 10.1. The van der Waals surface area contributed by atoms with Crippen molar-refractivity contribution in [1.82, 2.24) is 4.98 Å². The van der Waals surface area contributed by atoms with E-state index in [0.29, 0.717) is 5.52 Å². The van der Waals surface area contributed by atoms with Gasteiger partial charge in [-0.25, -0.2) is 0 Å². The highest BCUT2D eigenvalue weighted by molar-refractivity contribution is 5.84. The third-order valence-corrected chi connectivity index (χ3v) is 3.03. The molecule has 0 aliphatic heterocycles. The average molecular weight is 284 g/mol. The minimum absolute atomic E-state index is 0.0920. The molecule has 0 aliphatic rings. The SMILES string of the molecule is CCC(N)C(Oc1cccc2cccnc12)C(F)(F)F. The molecule has 0 saturated heterocycles. The number of para-hydroxylation sites is 1. The molecule has 1 aromatic carbocycles. The zero-order valence-electron chi connectivity index (χ0n) is 10.9. The molecule has 2 atom stereocenters. The first-order chi connectivity index (χ1) is 9.43. The van der Waals surface area contributed by atoms with E-state index < -0.39 is 18.3 Å². The highest BCUT2D eigenvalue weighted by atomic mass is 19.4. The maximum absolute atomic E-state index is 13.0. The number of hydrogen-bond donors (Lipinski definition) is 1. The van der Waals surface area contributed by atoms with Gasteiger partial charge in [0, 0.05) is 11.6 Å². The molecule has 1 heterocycles. The van der Waals surface area contributed by atoms with Crippen molar-refractivity contribution in [3.05, 3.63) is 36.5 Å². The molecule has 0 saturated carbocycles. The molecule has 0 spiro atoms. The number of pyridine rings is 1. The Bertz CT molecular complexity index is 581. The van der Waals surface area contributed by atoms with Crippen LogP contribution in [0.1, 0.15) is 13.3 Å². The number of benzene rings is 1. The first kappa shape index (κ1) is 14.6. The summed E-state index contributed by atoms with van der Waals surface area (Å²) in [5, 5.41) is 0.719. The summed E-state index contributed by atoms with van der Waals surface area (Å²) < 4.78 is 44.2. The third kappa shape index (κ3) is 3.01. The van der Waals surface area contributed by atoms with Crippen LogP contribution in [0.15, 0.2) is 36.5 Å². The van der Waals surface area contributed by atoms with E-state index in [1.165, 1.54) is 12.3 Å². The van der Waals surface area contributed by atoms with E-state index in [-0.39, 0.29) is 12.2 Å². The van der Waals surface area contributed by atoms with E-state index >= 15 is 0 Å². The molecule has 2 N–H and O–H groups in total. The van der Waals surface area contributed by atoms with E-state index in [0.717, 1.165) is 5.39 Å². The fourth-order valence-electron chi connectivity index (χ4n) is 1.92. The van der Waals surface area contributed by atoms with Gasteiger partial charge >= 0.3 is 6.18 Å². The molecule has 108 valence electrons. The van der Waals surface area contributed by atoms with E-state index in [2.05, 4.69) is 4.98 Å². The first-order valence-electron chi connectivity index (χ1n) is 6.26. The second-order valence-corrected chi connectivity index (χ2v) is 4.48. The Morgan fingerprint density at radius 2 is 1.95 bits per heavy atom. The highest BCUT2D eigenvalue weighted by Gasteiger charge is 2.45. The monoisotopic (exact) mass is 284 g/mol. The van der Waals surface area contributed by atoms with Gasteiger partial charge in [0.25, 0.3) is 0 Å². The molecule has 3 nitrogen and oxygen atoms in total. The number of alkyl halides is 3. The maximum Gasteiger partial charge on any atom is 0.426 e. The summed E-state index contributed by atoms with van der Waals surface area (Å²) in [5.41, 5.74) is 5.93. The van der Waals surface area contributed by atoms with Crippen molar-refractivity contribution in [3.8, 4) is 5.75 Å². The molecule has 0 amide bonds. The minimum Gasteiger partial charge on any atom is -0.477 e. The van der Waals surface area contributed by atoms with Crippen LogP contribution in [0.5, 0.6) is 5.75 Å². The number of halogens is 3. The summed E-state index contributed by atoms with van der Waals surface area (Å²) in [7, 11) is 0. The van der Waals surface area contributed by atoms with Gasteiger partial charge in [0.15, 0.2) is 0 Å². The van der Waals surface area contributed by atoms with Crippen LogP contribution in [0, 0.1) is 0 Å². The Morgan fingerprint density at radius 3 is 2.60 bits per heavy atom. The number of fused-ring (bicyclic) bond motifs is 1. The van der Waals surface area contributed by atoms with Crippen molar-refractivity contribution in [2.45, 2.75) is 31.7 Å². The zero-order chi connectivity index (χ0) is 14.8. The van der Waals surface area contributed by atoms with Gasteiger partial charge in [0.2, 0.25) is 6.10 Å². The van der Waals surface area contributed by atoms with Gasteiger partial charge in [0.05, 0.1) is 6.04 Å². The van der Waals surface area contributed by atoms with E-state index in [4.69, 9.17) is 10.5 Å². The van der Waals surface area contributed by atoms with E-state index in [1.807, 2.05) is 0 Å². The fraction of sp³-hybridized carbons (Fsp3) is 0.357. The predicted octanol–water partition coefficient (Wildman–Crippen LogP) is 3.28. The van der Waals surface area contributed by atoms with Crippen LogP contribution in [-0.4, -0.2) is 23.3 Å². The first-order valence-corrected chi connectivity index (χ1v) is 6.26. The smallest absolute Gasteiger partial charge is 0.426 e. The summed E-state index contributed by atoms with van der Waals surface area (Å²) in [6.07, 6.45) is -4.88. The van der Waals surface area contributed by atoms with Crippen LogP contribution in [0.4, 0.5) is 13.2 Å². The normalized spacial score (nSPS) is 15.1. The number of ether oxygens (including phenoxy) is 1. The van der Waals surface area contributed by atoms with Crippen LogP contribution < -0.4 is 10.5 Å². The van der Waals surface area contributed by atoms with Crippen LogP contribution in [0.25, 0.3) is 10.9 Å². The lowest BCUT2D eigenvalue weighted by Crippen LogP contribution is -2.48. The minimum atomic E-state index is -4.52. The second kappa shape index (κ2) is 5.66. The van der Waals surface area contributed by atoms with Gasteiger partial charge < -0.3 is 10.5 Å². The fourth-order valence-corrected chi connectivity index (χ4v) is 1.92. The Morgan fingerprint density at radius 1 is 1.25 bits per heavy atom. The Kier molecular flexibility index (Phi) is 4.13. The number of nitrogens with two attached hydrogens (primary N) is 1. The molecule has 2 aromatic rings. The molecule has 20 heavy (non-hydrogen) atoms. The number of aromatic nitrogens is 1. The second-order valence-electron chi connectivity index (χ2n) is 4.48. The molecular weight excluding hydrogens is 269 g/mol. The summed E-state index contributed by atoms with van der Waals surface area (Å²) in [5.74, 6) is 0.0920. The summed E-state index contributed by atoms with van der Waals surface area (Å²) in [4.78, 5) is 4.07. The zero-order valence-corrected chi connectivity index (χ0v) is 10.9. The standard InChI is InChI=1S/C14H15F3N2O/c1-2-10(18)13(14(15,16)17)20-11-7-3-5-9-6-4-8-19-12(9)11/h3-8,10,13H,2,18H2,1H3. The maximum atomic E-state index is 13.0. The molecule has 0 bridgehead atoms. The Balaban J connectivity index is 2.38. The van der Waals surface area contributed by atoms with Crippen LogP contribution in [-0.2, 0) is 0 Å². The molecule has 6 heteroatoms. The van der Waals surface area contributed by atoms with Crippen molar-refractivity contribution >= 4 is 10.9 Å². The van der Waals surface area contributed by atoms with Crippen molar-refractivity contribution in [1.29, 1.82) is 0 Å². The molecule has 0 radical (unpaired) electrons. The molecule has 0 fully saturated rings. The Labute approximate surface area is 114 Å². The van der Waals surface area contributed by atoms with Crippen LogP contribution in [0.3, 0.4) is 0 Å².